The van der Waals surface area contributed by atoms with E-state index in [1.807, 2.05) is 30.5 Å². The molecule has 2 N–H and O–H groups in total. The lowest BCUT2D eigenvalue weighted by molar-refractivity contribution is -0.115. The quantitative estimate of drug-likeness (QED) is 0.517. The summed E-state index contributed by atoms with van der Waals surface area (Å²) in [6.07, 6.45) is 5.95. The van der Waals surface area contributed by atoms with E-state index in [1.165, 1.54) is 5.56 Å². The van der Waals surface area contributed by atoms with Gasteiger partial charge in [0.15, 0.2) is 0 Å². The molecule has 1 saturated heterocycles. The van der Waals surface area contributed by atoms with Gasteiger partial charge in [0.2, 0.25) is 5.91 Å². The summed E-state index contributed by atoms with van der Waals surface area (Å²) >= 11 is 0. The maximum Gasteiger partial charge on any atom is 0.323 e. The molecule has 3 aliphatic rings. The first-order chi connectivity index (χ1) is 17.8. The molecule has 3 heterocycles. The minimum Gasteiger partial charge on any atom is -0.330 e. The van der Waals surface area contributed by atoms with Crippen molar-refractivity contribution in [2.24, 2.45) is 0 Å². The van der Waals surface area contributed by atoms with Crippen LogP contribution in [0.4, 0.5) is 16.3 Å². The summed E-state index contributed by atoms with van der Waals surface area (Å²) in [7, 11) is 7.06. The number of benzene rings is 2. The van der Waals surface area contributed by atoms with Gasteiger partial charge < -0.3 is 10.6 Å². The number of carbonyl (C=O) groups excluding carboxylic acids is 2. The van der Waals surface area contributed by atoms with Gasteiger partial charge in [-0.15, -0.1) is 9.24 Å². The molecule has 1 atom stereocenters. The fourth-order valence-corrected chi connectivity index (χ4v) is 6.82. The molecule has 37 heavy (non-hydrogen) atoms. The largest absolute Gasteiger partial charge is 0.330 e. The van der Waals surface area contributed by atoms with Gasteiger partial charge in [-0.1, -0.05) is 42.5 Å². The van der Waals surface area contributed by atoms with Crippen LogP contribution in [0.2, 0.25) is 0 Å². The second-order valence-electron chi connectivity index (χ2n) is 10.8. The van der Waals surface area contributed by atoms with Crippen LogP contribution in [0.5, 0.6) is 0 Å². The summed E-state index contributed by atoms with van der Waals surface area (Å²) in [5.41, 5.74) is 4.85. The molecule has 3 aromatic rings. The van der Waals surface area contributed by atoms with E-state index in [0.29, 0.717) is 18.8 Å². The van der Waals surface area contributed by atoms with Crippen LogP contribution in [-0.2, 0) is 16.8 Å². The smallest absolute Gasteiger partial charge is 0.323 e. The Hall–Kier alpha value is -3.28. The van der Waals surface area contributed by atoms with Crippen molar-refractivity contribution in [1.82, 2.24) is 15.2 Å². The van der Waals surface area contributed by atoms with Gasteiger partial charge in [-0.05, 0) is 68.6 Å². The number of rotatable bonds is 4. The lowest BCUT2D eigenvalue weighted by atomic mass is 9.69. The first-order valence-electron chi connectivity index (χ1n) is 12.8. The maximum absolute atomic E-state index is 13.2. The standard InChI is InChI=1S/C29H32N5O2P/c1-33(2)29(20-7-4-3-5-8-20)13-11-28(12-14-29)18-34(27(36)32-28)26-24(37)15-19(17-30-26)21-9-6-10-23-22(21)16-25(35)31-23/h3-10,15,17H,11-14,16,18,37H2,1-2H3,(H,31,35)(H,32,36). The van der Waals surface area contributed by atoms with E-state index < -0.39 is 0 Å². The third kappa shape index (κ3) is 4.01. The summed E-state index contributed by atoms with van der Waals surface area (Å²) < 4.78 is 0. The molecule has 1 aromatic heterocycles. The number of amides is 3. The zero-order chi connectivity index (χ0) is 25.8. The average molecular weight is 514 g/mol. The average Bonchev–Trinajstić information content (AvgIpc) is 3.43. The zero-order valence-electron chi connectivity index (χ0n) is 21.3. The number of nitrogens with zero attached hydrogens (tertiary/aromatic N) is 3. The number of aromatic nitrogens is 1. The van der Waals surface area contributed by atoms with Crippen molar-refractivity contribution in [1.29, 1.82) is 0 Å². The monoisotopic (exact) mass is 513 g/mol. The minimum absolute atomic E-state index is 0.00944. The summed E-state index contributed by atoms with van der Waals surface area (Å²) in [6.45, 7) is 0.608. The summed E-state index contributed by atoms with van der Waals surface area (Å²) in [5.74, 6) is 0.674. The van der Waals surface area contributed by atoms with Crippen LogP contribution in [0, 0.1) is 0 Å². The lowest BCUT2D eigenvalue weighted by Gasteiger charge is -2.48. The van der Waals surface area contributed by atoms with Crippen molar-refractivity contribution >= 4 is 38.0 Å². The van der Waals surface area contributed by atoms with E-state index in [-0.39, 0.29) is 23.0 Å². The van der Waals surface area contributed by atoms with E-state index in [2.05, 4.69) is 69.2 Å². The first-order valence-corrected chi connectivity index (χ1v) is 13.4. The number of urea groups is 1. The fraction of sp³-hybridized carbons (Fsp3) is 0.345. The van der Waals surface area contributed by atoms with Crippen LogP contribution in [0.15, 0.2) is 60.8 Å². The number of carbonyl (C=O) groups is 2. The van der Waals surface area contributed by atoms with Gasteiger partial charge in [-0.3, -0.25) is 14.6 Å². The molecular formula is C29H32N5O2P. The molecule has 190 valence electrons. The summed E-state index contributed by atoms with van der Waals surface area (Å²) in [6, 6.07) is 18.6. The number of hydrogen-bond donors (Lipinski definition) is 2. The Bertz CT molecular complexity index is 1380. The van der Waals surface area contributed by atoms with Gasteiger partial charge in [0.05, 0.1) is 18.5 Å². The number of pyridine rings is 1. The Morgan fingerprint density at radius 1 is 1.00 bits per heavy atom. The molecule has 6 rings (SSSR count). The topological polar surface area (TPSA) is 77.6 Å². The fourth-order valence-electron chi connectivity index (χ4n) is 6.41. The molecule has 1 saturated carbocycles. The molecule has 2 aliphatic heterocycles. The van der Waals surface area contributed by atoms with Crippen LogP contribution in [-0.4, -0.2) is 48.0 Å². The van der Waals surface area contributed by atoms with Crippen molar-refractivity contribution in [3.8, 4) is 11.1 Å². The highest BCUT2D eigenvalue weighted by atomic mass is 31.0. The first kappa shape index (κ1) is 24.1. The Labute approximate surface area is 219 Å². The van der Waals surface area contributed by atoms with Crippen LogP contribution in [0.25, 0.3) is 11.1 Å². The molecule has 7 nitrogen and oxygen atoms in total. The SMILES string of the molecule is CN(C)C1(c2ccccc2)CCC2(CC1)CN(c1ncc(-c3cccc4c3CC(=O)N4)cc1P)C(=O)N2. The maximum atomic E-state index is 13.2. The molecular weight excluding hydrogens is 481 g/mol. The van der Waals surface area contributed by atoms with E-state index in [4.69, 9.17) is 4.98 Å². The van der Waals surface area contributed by atoms with Gasteiger partial charge >= 0.3 is 6.03 Å². The second-order valence-corrected chi connectivity index (χ2v) is 11.4. The van der Waals surface area contributed by atoms with Crippen LogP contribution >= 0.6 is 9.24 Å². The van der Waals surface area contributed by atoms with Gasteiger partial charge in [0, 0.05) is 28.3 Å². The van der Waals surface area contributed by atoms with Gasteiger partial charge in [0.1, 0.15) is 5.82 Å². The predicted molar refractivity (Wildman–Crippen MR) is 150 cm³/mol. The van der Waals surface area contributed by atoms with Crippen molar-refractivity contribution in [2.45, 2.75) is 43.2 Å². The Morgan fingerprint density at radius 2 is 1.76 bits per heavy atom. The van der Waals surface area contributed by atoms with Gasteiger partial charge in [-0.25, -0.2) is 9.78 Å². The van der Waals surface area contributed by atoms with E-state index in [0.717, 1.165) is 53.4 Å². The van der Waals surface area contributed by atoms with Crippen LogP contribution in [0.3, 0.4) is 0 Å². The van der Waals surface area contributed by atoms with E-state index in [9.17, 15) is 9.59 Å². The molecule has 1 unspecified atom stereocenters. The lowest BCUT2D eigenvalue weighted by Crippen LogP contribution is -2.54. The third-order valence-corrected chi connectivity index (χ3v) is 8.95. The van der Waals surface area contributed by atoms with Gasteiger partial charge in [-0.2, -0.15) is 0 Å². The number of nitrogens with one attached hydrogen (secondary N) is 2. The number of anilines is 2. The molecule has 2 fully saturated rings. The summed E-state index contributed by atoms with van der Waals surface area (Å²) in [4.78, 5) is 34.0. The summed E-state index contributed by atoms with van der Waals surface area (Å²) in [5, 5.41) is 7.11. The molecule has 1 spiro atoms. The second kappa shape index (κ2) is 8.93. The predicted octanol–water partition coefficient (Wildman–Crippen LogP) is 4.04. The zero-order valence-corrected chi connectivity index (χ0v) is 22.4. The molecule has 2 aromatic carbocycles. The van der Waals surface area contributed by atoms with Crippen molar-refractivity contribution in [3.63, 3.8) is 0 Å². The molecule has 0 radical (unpaired) electrons. The highest BCUT2D eigenvalue weighted by Crippen LogP contribution is 2.46. The Balaban J connectivity index is 1.23. The van der Waals surface area contributed by atoms with Crippen molar-refractivity contribution in [2.75, 3.05) is 30.9 Å². The highest BCUT2D eigenvalue weighted by molar-refractivity contribution is 7.28. The Kier molecular flexibility index (Phi) is 5.81. The van der Waals surface area contributed by atoms with Crippen LogP contribution in [0.1, 0.15) is 36.8 Å². The highest BCUT2D eigenvalue weighted by Gasteiger charge is 2.50. The molecule has 8 heteroatoms. The normalized spacial score (nSPS) is 24.9. The van der Waals surface area contributed by atoms with Gasteiger partial charge in [0.25, 0.3) is 0 Å². The molecule has 3 amide bonds. The van der Waals surface area contributed by atoms with E-state index >= 15 is 0 Å². The van der Waals surface area contributed by atoms with Crippen molar-refractivity contribution in [3.05, 3.63) is 71.9 Å². The van der Waals surface area contributed by atoms with Crippen LogP contribution < -0.4 is 20.8 Å². The van der Waals surface area contributed by atoms with E-state index in [1.54, 1.807) is 4.90 Å². The van der Waals surface area contributed by atoms with Crippen molar-refractivity contribution < 1.29 is 9.59 Å². The third-order valence-electron chi connectivity index (χ3n) is 8.53. The molecule has 1 aliphatic carbocycles. The minimum atomic E-state index is -0.255. The number of hydrogen-bond acceptors (Lipinski definition) is 4. The molecule has 0 bridgehead atoms. The Morgan fingerprint density at radius 3 is 2.46 bits per heavy atom. The number of fused-ring (bicyclic) bond motifs is 1.